The number of hydrogen-bond acceptors (Lipinski definition) is 4. The van der Waals surface area contributed by atoms with Gasteiger partial charge in [0.05, 0.1) is 16.1 Å². The number of rotatable bonds is 3. The number of nitrogens with zero attached hydrogens (tertiary/aromatic N) is 1. The van der Waals surface area contributed by atoms with Gasteiger partial charge in [0.1, 0.15) is 23.0 Å². The highest BCUT2D eigenvalue weighted by Gasteiger charge is 2.67. The van der Waals surface area contributed by atoms with Gasteiger partial charge in [0.15, 0.2) is 0 Å². The molecular formula is C20H27ClN2O3. The summed E-state index contributed by atoms with van der Waals surface area (Å²) in [6.45, 7) is 13.6. The standard InChI is InChI=1S/C20H27ClN2O3/c1-17(2,3)26-16(24)23-19(6)12-20(7,18(19,4)5)25-14-9-8-13(11-22)15(21)10-14/h8-10H,12H2,1-7H3,(H,23,24). The van der Waals surface area contributed by atoms with Gasteiger partial charge in [-0.25, -0.2) is 4.79 Å². The maximum Gasteiger partial charge on any atom is 0.408 e. The molecule has 1 aromatic carbocycles. The Bertz CT molecular complexity index is 763. The summed E-state index contributed by atoms with van der Waals surface area (Å²) in [7, 11) is 0. The Morgan fingerprint density at radius 2 is 1.88 bits per heavy atom. The summed E-state index contributed by atoms with van der Waals surface area (Å²) >= 11 is 6.10. The molecule has 26 heavy (non-hydrogen) atoms. The molecular weight excluding hydrogens is 352 g/mol. The quantitative estimate of drug-likeness (QED) is 0.797. The van der Waals surface area contributed by atoms with E-state index in [0.29, 0.717) is 22.8 Å². The molecule has 1 aromatic rings. The second kappa shape index (κ2) is 6.35. The molecule has 1 aliphatic carbocycles. The van der Waals surface area contributed by atoms with E-state index in [-0.39, 0.29) is 5.41 Å². The highest BCUT2D eigenvalue weighted by molar-refractivity contribution is 6.31. The van der Waals surface area contributed by atoms with Gasteiger partial charge in [-0.3, -0.25) is 0 Å². The normalized spacial score (nSPS) is 27.0. The highest BCUT2D eigenvalue weighted by atomic mass is 35.5. The first-order chi connectivity index (χ1) is 11.7. The third kappa shape index (κ3) is 3.61. The van der Waals surface area contributed by atoms with Crippen LogP contribution in [0.5, 0.6) is 5.75 Å². The van der Waals surface area contributed by atoms with Crippen molar-refractivity contribution < 1.29 is 14.3 Å². The number of halogens is 1. The maximum atomic E-state index is 12.2. The molecule has 5 nitrogen and oxygen atoms in total. The first kappa shape index (κ1) is 20.4. The maximum absolute atomic E-state index is 12.2. The fourth-order valence-corrected chi connectivity index (χ4v) is 3.61. The van der Waals surface area contributed by atoms with Crippen LogP contribution in [0.2, 0.25) is 5.02 Å². The second-order valence-corrected chi connectivity index (χ2v) is 9.25. The van der Waals surface area contributed by atoms with E-state index in [0.717, 1.165) is 0 Å². The van der Waals surface area contributed by atoms with Crippen molar-refractivity contribution in [3.05, 3.63) is 28.8 Å². The lowest BCUT2D eigenvalue weighted by Gasteiger charge is -2.65. The Hall–Kier alpha value is -1.93. The Balaban J connectivity index is 2.14. The van der Waals surface area contributed by atoms with Crippen LogP contribution in [0.3, 0.4) is 0 Å². The molecule has 0 radical (unpaired) electrons. The van der Waals surface area contributed by atoms with E-state index >= 15 is 0 Å². The number of nitriles is 1. The molecule has 1 N–H and O–H groups in total. The van der Waals surface area contributed by atoms with Crippen LogP contribution < -0.4 is 10.1 Å². The summed E-state index contributed by atoms with van der Waals surface area (Å²) in [6.07, 6.45) is 0.181. The predicted octanol–water partition coefficient (Wildman–Crippen LogP) is 5.06. The third-order valence-corrected chi connectivity index (χ3v) is 5.89. The summed E-state index contributed by atoms with van der Waals surface area (Å²) in [4.78, 5) is 12.2. The van der Waals surface area contributed by atoms with E-state index in [1.165, 1.54) is 0 Å². The Morgan fingerprint density at radius 3 is 2.35 bits per heavy atom. The van der Waals surface area contributed by atoms with Crippen molar-refractivity contribution in [3.63, 3.8) is 0 Å². The number of carbonyl (C=O) groups excluding carboxylic acids is 1. The van der Waals surface area contributed by atoms with Crippen LogP contribution in [0.1, 0.15) is 60.5 Å². The highest BCUT2D eigenvalue weighted by Crippen LogP contribution is 2.58. The van der Waals surface area contributed by atoms with Crippen LogP contribution in [0.25, 0.3) is 0 Å². The second-order valence-electron chi connectivity index (χ2n) is 8.85. The lowest BCUT2D eigenvalue weighted by atomic mass is 9.48. The minimum atomic E-state index is -0.548. The van der Waals surface area contributed by atoms with Gasteiger partial charge in [-0.05, 0) is 46.8 Å². The van der Waals surface area contributed by atoms with E-state index in [4.69, 9.17) is 26.3 Å². The van der Waals surface area contributed by atoms with Gasteiger partial charge < -0.3 is 14.8 Å². The molecule has 1 aliphatic rings. The largest absolute Gasteiger partial charge is 0.487 e. The number of benzene rings is 1. The Labute approximate surface area is 160 Å². The van der Waals surface area contributed by atoms with Crippen LogP contribution in [-0.2, 0) is 4.74 Å². The minimum Gasteiger partial charge on any atom is -0.487 e. The Kier molecular flexibility index (Phi) is 4.98. The van der Waals surface area contributed by atoms with Crippen LogP contribution in [0.15, 0.2) is 18.2 Å². The number of hydrogen-bond donors (Lipinski definition) is 1. The van der Waals surface area contributed by atoms with E-state index in [1.807, 2.05) is 40.7 Å². The van der Waals surface area contributed by atoms with Crippen molar-refractivity contribution in [2.75, 3.05) is 0 Å². The van der Waals surface area contributed by atoms with Gasteiger partial charge in [-0.1, -0.05) is 25.4 Å². The summed E-state index contributed by atoms with van der Waals surface area (Å²) in [5, 5.41) is 12.3. The average Bonchev–Trinajstić information content (AvgIpc) is 2.44. The average molecular weight is 379 g/mol. The molecule has 0 heterocycles. The SMILES string of the molecule is CC(C)(C)OC(=O)NC1(C)CC(C)(Oc2ccc(C#N)c(Cl)c2)C1(C)C. The molecule has 0 aromatic heterocycles. The first-order valence-corrected chi connectivity index (χ1v) is 9.01. The van der Waals surface area contributed by atoms with Gasteiger partial charge >= 0.3 is 6.09 Å². The topological polar surface area (TPSA) is 71.3 Å². The number of nitrogens with one attached hydrogen (secondary N) is 1. The minimum absolute atomic E-state index is 0.361. The zero-order valence-corrected chi connectivity index (χ0v) is 17.2. The first-order valence-electron chi connectivity index (χ1n) is 8.63. The van der Waals surface area contributed by atoms with Crippen molar-refractivity contribution in [1.29, 1.82) is 5.26 Å². The fraction of sp³-hybridized carbons (Fsp3) is 0.600. The Morgan fingerprint density at radius 1 is 1.27 bits per heavy atom. The van der Waals surface area contributed by atoms with Gasteiger partial charge in [-0.15, -0.1) is 0 Å². The van der Waals surface area contributed by atoms with Gasteiger partial charge in [0, 0.05) is 17.9 Å². The summed E-state index contributed by atoms with van der Waals surface area (Å²) in [5.41, 5.74) is -1.48. The number of ether oxygens (including phenoxy) is 2. The molecule has 2 unspecified atom stereocenters. The van der Waals surface area contributed by atoms with Crippen molar-refractivity contribution in [2.24, 2.45) is 5.41 Å². The van der Waals surface area contributed by atoms with Crippen LogP contribution in [0, 0.1) is 16.7 Å². The zero-order valence-electron chi connectivity index (χ0n) is 16.5. The van der Waals surface area contributed by atoms with Crippen molar-refractivity contribution in [1.82, 2.24) is 5.32 Å². The van der Waals surface area contributed by atoms with E-state index < -0.39 is 22.8 Å². The number of alkyl carbamates (subject to hydrolysis) is 1. The molecule has 2 rings (SSSR count). The number of amides is 1. The molecule has 0 bridgehead atoms. The summed E-state index contributed by atoms with van der Waals surface area (Å²) < 4.78 is 11.6. The van der Waals surface area contributed by atoms with Gasteiger partial charge in [0.25, 0.3) is 0 Å². The predicted molar refractivity (Wildman–Crippen MR) is 101 cm³/mol. The van der Waals surface area contributed by atoms with Crippen molar-refractivity contribution >= 4 is 17.7 Å². The van der Waals surface area contributed by atoms with Crippen LogP contribution in [0.4, 0.5) is 4.79 Å². The van der Waals surface area contributed by atoms with E-state index in [2.05, 4.69) is 19.2 Å². The van der Waals surface area contributed by atoms with Crippen molar-refractivity contribution in [3.8, 4) is 11.8 Å². The van der Waals surface area contributed by atoms with Crippen LogP contribution >= 0.6 is 11.6 Å². The smallest absolute Gasteiger partial charge is 0.408 e. The molecule has 0 aliphatic heterocycles. The third-order valence-electron chi connectivity index (χ3n) is 5.57. The van der Waals surface area contributed by atoms with Gasteiger partial charge in [0.2, 0.25) is 0 Å². The zero-order chi connectivity index (χ0) is 20.0. The molecule has 1 fully saturated rings. The molecule has 6 heteroatoms. The van der Waals surface area contributed by atoms with Crippen LogP contribution in [-0.4, -0.2) is 22.8 Å². The molecule has 142 valence electrons. The molecule has 1 amide bonds. The fourth-order valence-electron chi connectivity index (χ4n) is 3.40. The summed E-state index contributed by atoms with van der Waals surface area (Å²) in [5.74, 6) is 0.601. The van der Waals surface area contributed by atoms with E-state index in [9.17, 15) is 4.79 Å². The monoisotopic (exact) mass is 378 g/mol. The molecule has 0 saturated heterocycles. The van der Waals surface area contributed by atoms with Crippen molar-refractivity contribution in [2.45, 2.75) is 71.6 Å². The summed E-state index contributed by atoms with van der Waals surface area (Å²) in [6, 6.07) is 7.07. The molecule has 1 saturated carbocycles. The molecule has 0 spiro atoms. The number of carbonyl (C=O) groups is 1. The lowest BCUT2D eigenvalue weighted by molar-refractivity contribution is -0.182. The van der Waals surface area contributed by atoms with E-state index in [1.54, 1.807) is 18.2 Å². The lowest BCUT2D eigenvalue weighted by Crippen LogP contribution is -2.77. The molecule has 2 atom stereocenters. The van der Waals surface area contributed by atoms with Gasteiger partial charge in [-0.2, -0.15) is 5.26 Å².